The lowest BCUT2D eigenvalue weighted by Crippen LogP contribution is -2.30. The number of benzene rings is 2. The standard InChI is InChI=1S/C18H22N2O3S/c1-4-20(14-15-9-6-5-7-10-15)18(21)16-11-8-12-17(13-16)24(22,23)19(2)3/h5-13H,4,14H2,1-3H3. The van der Waals surface area contributed by atoms with Gasteiger partial charge in [-0.05, 0) is 30.7 Å². The molecule has 128 valence electrons. The van der Waals surface area contributed by atoms with Gasteiger partial charge in [0.05, 0.1) is 4.90 Å². The Kier molecular flexibility index (Phi) is 5.75. The highest BCUT2D eigenvalue weighted by molar-refractivity contribution is 7.89. The molecule has 0 unspecified atom stereocenters. The van der Waals surface area contributed by atoms with Crippen LogP contribution in [-0.2, 0) is 16.6 Å². The van der Waals surface area contributed by atoms with Crippen molar-refractivity contribution >= 4 is 15.9 Å². The third-order valence-electron chi connectivity index (χ3n) is 3.74. The van der Waals surface area contributed by atoms with Crippen molar-refractivity contribution in [2.24, 2.45) is 0 Å². The quantitative estimate of drug-likeness (QED) is 0.808. The number of carbonyl (C=O) groups is 1. The maximum absolute atomic E-state index is 12.7. The van der Waals surface area contributed by atoms with Crippen molar-refractivity contribution in [3.63, 3.8) is 0 Å². The van der Waals surface area contributed by atoms with Crippen molar-refractivity contribution in [1.29, 1.82) is 0 Å². The van der Waals surface area contributed by atoms with Gasteiger partial charge in [-0.1, -0.05) is 36.4 Å². The van der Waals surface area contributed by atoms with Crippen LogP contribution in [0.25, 0.3) is 0 Å². The molecule has 0 radical (unpaired) electrons. The van der Waals surface area contributed by atoms with E-state index in [9.17, 15) is 13.2 Å². The van der Waals surface area contributed by atoms with Crippen LogP contribution in [0.4, 0.5) is 0 Å². The Morgan fingerprint density at radius 1 is 1.00 bits per heavy atom. The fourth-order valence-corrected chi connectivity index (χ4v) is 3.26. The molecule has 24 heavy (non-hydrogen) atoms. The number of hydrogen-bond donors (Lipinski definition) is 0. The van der Waals surface area contributed by atoms with E-state index in [1.165, 1.54) is 26.2 Å². The fourth-order valence-electron chi connectivity index (χ4n) is 2.31. The molecule has 5 nitrogen and oxygen atoms in total. The van der Waals surface area contributed by atoms with Crippen molar-refractivity contribution < 1.29 is 13.2 Å². The van der Waals surface area contributed by atoms with Gasteiger partial charge in [-0.2, -0.15) is 0 Å². The maximum Gasteiger partial charge on any atom is 0.254 e. The summed E-state index contributed by atoms with van der Waals surface area (Å²) >= 11 is 0. The minimum atomic E-state index is -3.56. The first-order chi connectivity index (χ1) is 11.4. The molecule has 0 N–H and O–H groups in total. The average molecular weight is 346 g/mol. The summed E-state index contributed by atoms with van der Waals surface area (Å²) in [4.78, 5) is 14.6. The van der Waals surface area contributed by atoms with Gasteiger partial charge < -0.3 is 4.90 Å². The summed E-state index contributed by atoms with van der Waals surface area (Å²) in [6.45, 7) is 2.93. The Hall–Kier alpha value is -2.18. The zero-order chi connectivity index (χ0) is 17.7. The molecule has 0 atom stereocenters. The Morgan fingerprint density at radius 3 is 2.25 bits per heavy atom. The van der Waals surface area contributed by atoms with Crippen molar-refractivity contribution in [2.45, 2.75) is 18.4 Å². The molecule has 0 saturated carbocycles. The van der Waals surface area contributed by atoms with E-state index in [0.717, 1.165) is 9.87 Å². The molecular weight excluding hydrogens is 324 g/mol. The molecule has 0 fully saturated rings. The average Bonchev–Trinajstić information content (AvgIpc) is 2.60. The third-order valence-corrected chi connectivity index (χ3v) is 5.56. The van der Waals surface area contributed by atoms with Crippen molar-refractivity contribution in [2.75, 3.05) is 20.6 Å². The molecule has 0 saturated heterocycles. The van der Waals surface area contributed by atoms with Crippen LogP contribution in [0.15, 0.2) is 59.5 Å². The van der Waals surface area contributed by atoms with Gasteiger partial charge in [-0.25, -0.2) is 12.7 Å². The highest BCUT2D eigenvalue weighted by Gasteiger charge is 2.20. The van der Waals surface area contributed by atoms with Crippen LogP contribution in [0.5, 0.6) is 0 Å². The zero-order valence-corrected chi connectivity index (χ0v) is 15.0. The molecule has 0 heterocycles. The van der Waals surface area contributed by atoms with Gasteiger partial charge in [0.15, 0.2) is 0 Å². The topological polar surface area (TPSA) is 57.7 Å². The molecule has 0 aromatic heterocycles. The molecule has 0 aliphatic rings. The second-order valence-electron chi connectivity index (χ2n) is 5.62. The highest BCUT2D eigenvalue weighted by Crippen LogP contribution is 2.17. The molecule has 0 aliphatic carbocycles. The second kappa shape index (κ2) is 7.59. The highest BCUT2D eigenvalue weighted by atomic mass is 32.2. The van der Waals surface area contributed by atoms with E-state index in [1.54, 1.807) is 17.0 Å². The SMILES string of the molecule is CCN(Cc1ccccc1)C(=O)c1cccc(S(=O)(=O)N(C)C)c1. The van der Waals surface area contributed by atoms with Gasteiger partial charge >= 0.3 is 0 Å². The molecule has 0 aliphatic heterocycles. The van der Waals surface area contributed by atoms with Crippen LogP contribution in [0, 0.1) is 0 Å². The van der Waals surface area contributed by atoms with E-state index in [0.29, 0.717) is 18.7 Å². The van der Waals surface area contributed by atoms with E-state index < -0.39 is 10.0 Å². The minimum absolute atomic E-state index is 0.120. The summed E-state index contributed by atoms with van der Waals surface area (Å²) in [6, 6.07) is 15.9. The molecule has 2 aromatic rings. The van der Waals surface area contributed by atoms with E-state index >= 15 is 0 Å². The van der Waals surface area contributed by atoms with Crippen LogP contribution in [0.2, 0.25) is 0 Å². The lowest BCUT2D eigenvalue weighted by atomic mass is 10.1. The van der Waals surface area contributed by atoms with Gasteiger partial charge in [0.25, 0.3) is 5.91 Å². The predicted octanol–water partition coefficient (Wildman–Crippen LogP) is 2.60. The summed E-state index contributed by atoms with van der Waals surface area (Å²) in [5.74, 6) is -0.183. The first-order valence-corrected chi connectivity index (χ1v) is 9.16. The number of sulfonamides is 1. The summed E-state index contributed by atoms with van der Waals surface area (Å²) in [7, 11) is -0.622. The van der Waals surface area contributed by atoms with E-state index in [1.807, 2.05) is 37.3 Å². The third kappa shape index (κ3) is 4.01. The summed E-state index contributed by atoms with van der Waals surface area (Å²) in [6.07, 6.45) is 0. The number of amides is 1. The van der Waals surface area contributed by atoms with Crippen LogP contribution < -0.4 is 0 Å². The van der Waals surface area contributed by atoms with E-state index in [2.05, 4.69) is 0 Å². The Labute approximate surface area is 143 Å². The van der Waals surface area contributed by atoms with Crippen molar-refractivity contribution in [3.8, 4) is 0 Å². The van der Waals surface area contributed by atoms with Gasteiger partial charge in [0.1, 0.15) is 0 Å². The molecule has 0 bridgehead atoms. The van der Waals surface area contributed by atoms with Crippen molar-refractivity contribution in [3.05, 3.63) is 65.7 Å². The number of rotatable bonds is 6. The van der Waals surface area contributed by atoms with Gasteiger partial charge in [0.2, 0.25) is 10.0 Å². The van der Waals surface area contributed by atoms with Crippen LogP contribution in [0.3, 0.4) is 0 Å². The Morgan fingerprint density at radius 2 is 1.67 bits per heavy atom. The number of nitrogens with zero attached hydrogens (tertiary/aromatic N) is 2. The summed E-state index contributed by atoms with van der Waals surface area (Å²) in [5.41, 5.74) is 1.40. The van der Waals surface area contributed by atoms with Crippen molar-refractivity contribution in [1.82, 2.24) is 9.21 Å². The smallest absolute Gasteiger partial charge is 0.254 e. The maximum atomic E-state index is 12.7. The predicted molar refractivity (Wildman–Crippen MR) is 94.2 cm³/mol. The number of carbonyl (C=O) groups excluding carboxylic acids is 1. The van der Waals surface area contributed by atoms with Gasteiger partial charge in [-0.15, -0.1) is 0 Å². The lowest BCUT2D eigenvalue weighted by Gasteiger charge is -2.21. The first-order valence-electron chi connectivity index (χ1n) is 7.72. The normalized spacial score (nSPS) is 11.5. The van der Waals surface area contributed by atoms with Gasteiger partial charge in [0, 0.05) is 32.7 Å². The Balaban J connectivity index is 2.28. The Bertz CT molecular complexity index is 802. The molecular formula is C18H22N2O3S. The monoisotopic (exact) mass is 346 g/mol. The first kappa shape index (κ1) is 18.2. The second-order valence-corrected chi connectivity index (χ2v) is 7.77. The van der Waals surface area contributed by atoms with Crippen LogP contribution in [0.1, 0.15) is 22.8 Å². The zero-order valence-electron chi connectivity index (χ0n) is 14.1. The lowest BCUT2D eigenvalue weighted by molar-refractivity contribution is 0.0752. The number of hydrogen-bond acceptors (Lipinski definition) is 3. The molecule has 2 aromatic carbocycles. The largest absolute Gasteiger partial charge is 0.335 e. The fraction of sp³-hybridized carbons (Fsp3) is 0.278. The molecule has 6 heteroatoms. The minimum Gasteiger partial charge on any atom is -0.335 e. The van der Waals surface area contributed by atoms with Crippen LogP contribution >= 0.6 is 0 Å². The summed E-state index contributed by atoms with van der Waals surface area (Å²) < 4.78 is 25.6. The van der Waals surface area contributed by atoms with E-state index in [4.69, 9.17) is 0 Å². The summed E-state index contributed by atoms with van der Waals surface area (Å²) in [5, 5.41) is 0. The molecule has 2 rings (SSSR count). The van der Waals surface area contributed by atoms with Gasteiger partial charge in [-0.3, -0.25) is 4.79 Å². The van der Waals surface area contributed by atoms with Crippen LogP contribution in [-0.4, -0.2) is 44.2 Å². The van der Waals surface area contributed by atoms with E-state index in [-0.39, 0.29) is 10.8 Å². The molecule has 0 spiro atoms. The molecule has 1 amide bonds.